The molecule has 158 valence electrons. The molecule has 0 aliphatic rings. The lowest BCUT2D eigenvalue weighted by Gasteiger charge is -2.23. The fraction of sp³-hybridized carbons (Fsp3) is 0.273. The molecule has 2 N–H and O–H groups in total. The second-order valence-electron chi connectivity index (χ2n) is 7.03. The van der Waals surface area contributed by atoms with E-state index >= 15 is 0 Å². The third kappa shape index (κ3) is 4.09. The third-order valence-corrected chi connectivity index (χ3v) is 6.91. The Labute approximate surface area is 175 Å². The third-order valence-electron chi connectivity index (χ3n) is 5.01. The standard InChI is InChI=1S/C22H25N3O4S/c1-4-15(3)24-22(27)19-14-23-20-12-11-17(13-18(20)21(19)26)30(28,29)25(5-2)16-9-7-6-8-10-16/h6-15H,4-5H2,1-3H3,(H,23,26)(H,24,27)/t15-/m0/s1. The molecule has 7 nitrogen and oxygen atoms in total. The molecule has 0 fully saturated rings. The zero-order valence-electron chi connectivity index (χ0n) is 17.2. The summed E-state index contributed by atoms with van der Waals surface area (Å²) >= 11 is 0. The van der Waals surface area contributed by atoms with Crippen molar-refractivity contribution in [3.8, 4) is 0 Å². The second kappa shape index (κ2) is 8.71. The van der Waals surface area contributed by atoms with Crippen LogP contribution in [0.25, 0.3) is 10.9 Å². The number of sulfonamides is 1. The number of pyridine rings is 1. The van der Waals surface area contributed by atoms with Crippen LogP contribution >= 0.6 is 0 Å². The van der Waals surface area contributed by atoms with Gasteiger partial charge in [-0.25, -0.2) is 8.42 Å². The number of amides is 1. The van der Waals surface area contributed by atoms with E-state index in [1.165, 1.54) is 22.6 Å². The van der Waals surface area contributed by atoms with Crippen molar-refractivity contribution in [2.75, 3.05) is 10.8 Å². The van der Waals surface area contributed by atoms with Crippen LogP contribution in [0.2, 0.25) is 0 Å². The van der Waals surface area contributed by atoms with Crippen LogP contribution in [0, 0.1) is 0 Å². The first kappa shape index (κ1) is 21.6. The molecule has 1 atom stereocenters. The minimum Gasteiger partial charge on any atom is -0.360 e. The zero-order chi connectivity index (χ0) is 21.9. The number of nitrogens with zero attached hydrogens (tertiary/aromatic N) is 1. The molecule has 0 spiro atoms. The van der Waals surface area contributed by atoms with E-state index in [0.29, 0.717) is 11.2 Å². The van der Waals surface area contributed by atoms with E-state index in [9.17, 15) is 18.0 Å². The summed E-state index contributed by atoms with van der Waals surface area (Å²) in [6.07, 6.45) is 2.09. The van der Waals surface area contributed by atoms with E-state index in [-0.39, 0.29) is 28.4 Å². The highest BCUT2D eigenvalue weighted by atomic mass is 32.2. The Kier molecular flexibility index (Phi) is 6.26. The van der Waals surface area contributed by atoms with Crippen molar-refractivity contribution >= 4 is 32.5 Å². The number of para-hydroxylation sites is 1. The molecule has 0 unspecified atom stereocenters. The number of fused-ring (bicyclic) bond motifs is 1. The summed E-state index contributed by atoms with van der Waals surface area (Å²) in [5.41, 5.74) is 0.439. The summed E-state index contributed by atoms with van der Waals surface area (Å²) in [7, 11) is -3.89. The highest BCUT2D eigenvalue weighted by Crippen LogP contribution is 2.24. The molecule has 0 saturated heterocycles. The Morgan fingerprint density at radius 3 is 2.47 bits per heavy atom. The Balaban J connectivity index is 2.08. The molecule has 8 heteroatoms. The molecule has 0 saturated carbocycles. The summed E-state index contributed by atoms with van der Waals surface area (Å²) in [5.74, 6) is -0.486. The van der Waals surface area contributed by atoms with Gasteiger partial charge in [-0.15, -0.1) is 0 Å². The maximum atomic E-state index is 13.3. The molecule has 0 bridgehead atoms. The van der Waals surface area contributed by atoms with E-state index in [0.717, 1.165) is 6.42 Å². The first-order valence-electron chi connectivity index (χ1n) is 9.83. The number of carbonyl (C=O) groups excluding carboxylic acids is 1. The number of nitrogens with one attached hydrogen (secondary N) is 2. The van der Waals surface area contributed by atoms with Gasteiger partial charge in [0.15, 0.2) is 0 Å². The van der Waals surface area contributed by atoms with Crippen LogP contribution in [0.4, 0.5) is 5.69 Å². The number of hydrogen-bond donors (Lipinski definition) is 2. The van der Waals surface area contributed by atoms with Crippen molar-refractivity contribution in [2.24, 2.45) is 0 Å². The van der Waals surface area contributed by atoms with Crippen LogP contribution in [0.1, 0.15) is 37.6 Å². The van der Waals surface area contributed by atoms with E-state index in [4.69, 9.17) is 0 Å². The average molecular weight is 428 g/mol. The molecule has 2 aromatic carbocycles. The van der Waals surface area contributed by atoms with Crippen molar-refractivity contribution in [3.63, 3.8) is 0 Å². The number of benzene rings is 2. The summed E-state index contributed by atoms with van der Waals surface area (Å²) in [6.45, 7) is 5.76. The lowest BCUT2D eigenvalue weighted by molar-refractivity contribution is 0.0938. The van der Waals surface area contributed by atoms with Crippen molar-refractivity contribution in [2.45, 2.75) is 38.1 Å². The van der Waals surface area contributed by atoms with Crippen molar-refractivity contribution in [1.29, 1.82) is 0 Å². The maximum absolute atomic E-state index is 13.3. The molecule has 1 aromatic heterocycles. The van der Waals surface area contributed by atoms with Gasteiger partial charge in [-0.05, 0) is 50.6 Å². The number of aromatic amines is 1. The van der Waals surface area contributed by atoms with E-state index in [2.05, 4.69) is 10.3 Å². The minimum atomic E-state index is -3.89. The zero-order valence-corrected chi connectivity index (χ0v) is 18.0. The number of anilines is 1. The van der Waals surface area contributed by atoms with Crippen LogP contribution in [0.3, 0.4) is 0 Å². The van der Waals surface area contributed by atoms with E-state index in [1.807, 2.05) is 19.9 Å². The van der Waals surface area contributed by atoms with Crippen molar-refractivity contribution in [1.82, 2.24) is 10.3 Å². The Morgan fingerprint density at radius 1 is 1.13 bits per heavy atom. The number of carbonyl (C=O) groups is 1. The highest BCUT2D eigenvalue weighted by molar-refractivity contribution is 7.92. The van der Waals surface area contributed by atoms with Crippen LogP contribution in [-0.2, 0) is 10.0 Å². The lowest BCUT2D eigenvalue weighted by Crippen LogP contribution is -2.35. The van der Waals surface area contributed by atoms with Crippen LogP contribution in [0.15, 0.2) is 64.4 Å². The SMILES string of the molecule is CC[C@H](C)NC(=O)c1c[nH]c2ccc(S(=O)(=O)N(CC)c3ccccc3)cc2c1=O. The molecule has 3 aromatic rings. The van der Waals surface area contributed by atoms with Gasteiger partial charge in [0.05, 0.1) is 10.6 Å². The van der Waals surface area contributed by atoms with Crippen LogP contribution < -0.4 is 15.1 Å². The van der Waals surface area contributed by atoms with Gasteiger partial charge in [0.25, 0.3) is 15.9 Å². The molecule has 0 radical (unpaired) electrons. The topological polar surface area (TPSA) is 99.3 Å². The molecule has 30 heavy (non-hydrogen) atoms. The van der Waals surface area contributed by atoms with Gasteiger partial charge in [0, 0.05) is 29.7 Å². The van der Waals surface area contributed by atoms with Gasteiger partial charge < -0.3 is 10.3 Å². The highest BCUT2D eigenvalue weighted by Gasteiger charge is 2.24. The quantitative estimate of drug-likeness (QED) is 0.604. The van der Waals surface area contributed by atoms with Gasteiger partial charge in [0.2, 0.25) is 5.43 Å². The van der Waals surface area contributed by atoms with Gasteiger partial charge in [-0.2, -0.15) is 0 Å². The second-order valence-corrected chi connectivity index (χ2v) is 8.89. The predicted molar refractivity (Wildman–Crippen MR) is 118 cm³/mol. The number of aromatic nitrogens is 1. The maximum Gasteiger partial charge on any atom is 0.264 e. The number of hydrogen-bond acceptors (Lipinski definition) is 4. The largest absolute Gasteiger partial charge is 0.360 e. The van der Waals surface area contributed by atoms with Gasteiger partial charge in [-0.3, -0.25) is 13.9 Å². The summed E-state index contributed by atoms with van der Waals surface area (Å²) in [5, 5.41) is 2.91. The Morgan fingerprint density at radius 2 is 1.83 bits per heavy atom. The monoisotopic (exact) mass is 427 g/mol. The molecule has 0 aliphatic carbocycles. The van der Waals surface area contributed by atoms with Crippen LogP contribution in [-0.4, -0.2) is 31.9 Å². The normalized spacial score (nSPS) is 12.5. The fourth-order valence-corrected chi connectivity index (χ4v) is 4.64. The molecule has 0 aliphatic heterocycles. The molecule has 1 heterocycles. The first-order valence-corrected chi connectivity index (χ1v) is 11.3. The molecular weight excluding hydrogens is 402 g/mol. The van der Waals surface area contributed by atoms with E-state index in [1.54, 1.807) is 37.3 Å². The average Bonchev–Trinajstić information content (AvgIpc) is 2.74. The number of rotatable bonds is 7. The lowest BCUT2D eigenvalue weighted by atomic mass is 10.1. The summed E-state index contributed by atoms with van der Waals surface area (Å²) in [6, 6.07) is 13.0. The molecule has 1 amide bonds. The van der Waals surface area contributed by atoms with Crippen LogP contribution in [0.5, 0.6) is 0 Å². The first-order chi connectivity index (χ1) is 14.3. The Hall–Kier alpha value is -3.13. The fourth-order valence-electron chi connectivity index (χ4n) is 3.14. The van der Waals surface area contributed by atoms with E-state index < -0.39 is 21.4 Å². The molecule has 3 rings (SSSR count). The minimum absolute atomic E-state index is 0.00862. The van der Waals surface area contributed by atoms with Gasteiger partial charge in [0.1, 0.15) is 5.56 Å². The smallest absolute Gasteiger partial charge is 0.264 e. The van der Waals surface area contributed by atoms with Gasteiger partial charge in [-0.1, -0.05) is 25.1 Å². The Bertz CT molecular complexity index is 1220. The molecular formula is C22H25N3O4S. The summed E-state index contributed by atoms with van der Waals surface area (Å²) in [4.78, 5) is 28.3. The van der Waals surface area contributed by atoms with Gasteiger partial charge >= 0.3 is 0 Å². The summed E-state index contributed by atoms with van der Waals surface area (Å²) < 4.78 is 27.8. The predicted octanol–water partition coefficient (Wildman–Crippen LogP) is 3.27. The number of H-pyrrole nitrogens is 1. The van der Waals surface area contributed by atoms with Crippen molar-refractivity contribution in [3.05, 3.63) is 70.5 Å². The van der Waals surface area contributed by atoms with Crippen molar-refractivity contribution < 1.29 is 13.2 Å².